The summed E-state index contributed by atoms with van der Waals surface area (Å²) in [5.74, 6) is -0.250. The van der Waals surface area contributed by atoms with Gasteiger partial charge in [0.1, 0.15) is 0 Å². The molecule has 0 aliphatic carbocycles. The molecule has 2 aromatic carbocycles. The van der Waals surface area contributed by atoms with Crippen molar-refractivity contribution >= 4 is 23.2 Å². The van der Waals surface area contributed by atoms with E-state index in [9.17, 15) is 9.18 Å². The fourth-order valence-corrected chi connectivity index (χ4v) is 1.98. The number of nitrogens with one attached hydrogen (secondary N) is 1. The highest BCUT2D eigenvalue weighted by Gasteiger charge is 2.09. The predicted molar refractivity (Wildman–Crippen MR) is 81.5 cm³/mol. The van der Waals surface area contributed by atoms with Crippen LogP contribution in [0.4, 0.5) is 10.1 Å². The molecule has 110 valence electrons. The number of alkyl halides is 1. The van der Waals surface area contributed by atoms with E-state index in [2.05, 4.69) is 5.32 Å². The Kier molecular flexibility index (Phi) is 5.17. The van der Waals surface area contributed by atoms with Crippen LogP contribution < -0.4 is 10.1 Å². The lowest BCUT2D eigenvalue weighted by atomic mass is 10.1. The molecule has 3 nitrogen and oxygen atoms in total. The summed E-state index contributed by atoms with van der Waals surface area (Å²) in [5, 5.41) is 2.64. The zero-order chi connectivity index (χ0) is 15.2. The molecule has 0 aromatic heterocycles. The third-order valence-electron chi connectivity index (χ3n) is 2.86. The molecule has 0 radical (unpaired) electrons. The van der Waals surface area contributed by atoms with Crippen LogP contribution in [0.3, 0.4) is 0 Å². The first-order valence-electron chi connectivity index (χ1n) is 6.52. The summed E-state index contributed by atoms with van der Waals surface area (Å²) in [7, 11) is 0. The summed E-state index contributed by atoms with van der Waals surface area (Å²) in [5.41, 5.74) is 1.79. The predicted octanol–water partition coefficient (Wildman–Crippen LogP) is 4.22. The number of carbonyl (C=O) groups is 1. The highest BCUT2D eigenvalue weighted by molar-refractivity contribution is 6.17. The summed E-state index contributed by atoms with van der Waals surface area (Å²) in [6, 6.07) is 11.2. The molecular weight excluding hydrogens is 293 g/mol. The minimum absolute atomic E-state index is 0.168. The summed E-state index contributed by atoms with van der Waals surface area (Å²) < 4.78 is 18.8. The second kappa shape index (κ2) is 7.09. The van der Waals surface area contributed by atoms with Gasteiger partial charge in [-0.05, 0) is 36.8 Å². The van der Waals surface area contributed by atoms with Gasteiger partial charge in [-0.1, -0.05) is 12.1 Å². The Bertz CT molecular complexity index is 629. The molecule has 0 saturated carbocycles. The molecule has 5 heteroatoms. The topological polar surface area (TPSA) is 38.3 Å². The van der Waals surface area contributed by atoms with E-state index in [1.165, 1.54) is 12.1 Å². The van der Waals surface area contributed by atoms with Crippen molar-refractivity contribution in [2.24, 2.45) is 0 Å². The monoisotopic (exact) mass is 307 g/mol. The minimum Gasteiger partial charge on any atom is -0.491 e. The number of benzene rings is 2. The van der Waals surface area contributed by atoms with Gasteiger partial charge in [0.05, 0.1) is 6.61 Å². The molecule has 0 unspecified atom stereocenters. The van der Waals surface area contributed by atoms with Gasteiger partial charge in [-0.2, -0.15) is 0 Å². The van der Waals surface area contributed by atoms with E-state index in [-0.39, 0.29) is 11.7 Å². The SMILES string of the molecule is CCOc1ccc(NC(=O)c2ccc(CCl)cc2)cc1F. The number of hydrogen-bond acceptors (Lipinski definition) is 2. The average Bonchev–Trinajstić information content (AvgIpc) is 2.50. The van der Waals surface area contributed by atoms with Gasteiger partial charge >= 0.3 is 0 Å². The number of hydrogen-bond donors (Lipinski definition) is 1. The van der Waals surface area contributed by atoms with E-state index in [1.807, 2.05) is 0 Å². The average molecular weight is 308 g/mol. The Morgan fingerprint density at radius 2 is 1.95 bits per heavy atom. The van der Waals surface area contributed by atoms with Crippen LogP contribution in [0.2, 0.25) is 0 Å². The van der Waals surface area contributed by atoms with E-state index in [1.54, 1.807) is 37.3 Å². The van der Waals surface area contributed by atoms with Gasteiger partial charge in [0.25, 0.3) is 5.91 Å². The Morgan fingerprint density at radius 3 is 2.52 bits per heavy atom. The standard InChI is InChI=1S/C16H15ClFNO2/c1-2-21-15-8-7-13(9-14(15)18)19-16(20)12-5-3-11(10-17)4-6-12/h3-9H,2,10H2,1H3,(H,19,20). The number of carbonyl (C=O) groups excluding carboxylic acids is 1. The van der Waals surface area contributed by atoms with Crippen molar-refractivity contribution in [3.8, 4) is 5.75 Å². The summed E-state index contributed by atoms with van der Waals surface area (Å²) in [6.07, 6.45) is 0. The van der Waals surface area contributed by atoms with Crippen LogP contribution in [-0.4, -0.2) is 12.5 Å². The Morgan fingerprint density at radius 1 is 1.24 bits per heavy atom. The zero-order valence-corrected chi connectivity index (χ0v) is 12.3. The molecule has 0 aliphatic heterocycles. The first-order valence-corrected chi connectivity index (χ1v) is 7.06. The van der Waals surface area contributed by atoms with Crippen LogP contribution in [0.1, 0.15) is 22.8 Å². The van der Waals surface area contributed by atoms with Gasteiger partial charge in [0, 0.05) is 23.2 Å². The number of ether oxygens (including phenoxy) is 1. The first kappa shape index (κ1) is 15.3. The van der Waals surface area contributed by atoms with Gasteiger partial charge in [-0.3, -0.25) is 4.79 Å². The summed E-state index contributed by atoms with van der Waals surface area (Å²) in [6.45, 7) is 2.16. The first-order chi connectivity index (χ1) is 10.1. The molecule has 0 heterocycles. The van der Waals surface area contributed by atoms with Crippen molar-refractivity contribution in [1.82, 2.24) is 0 Å². The molecule has 0 fully saturated rings. The fraction of sp³-hybridized carbons (Fsp3) is 0.188. The molecule has 1 N–H and O–H groups in total. The van der Waals surface area contributed by atoms with Crippen molar-refractivity contribution in [1.29, 1.82) is 0 Å². The normalized spacial score (nSPS) is 10.2. The maximum Gasteiger partial charge on any atom is 0.255 e. The molecule has 2 rings (SSSR count). The maximum atomic E-state index is 13.7. The molecule has 2 aromatic rings. The van der Waals surface area contributed by atoms with Gasteiger partial charge in [-0.15, -0.1) is 11.6 Å². The van der Waals surface area contributed by atoms with Crippen molar-refractivity contribution in [2.45, 2.75) is 12.8 Å². The number of anilines is 1. The van der Waals surface area contributed by atoms with Crippen molar-refractivity contribution in [3.63, 3.8) is 0 Å². The highest BCUT2D eigenvalue weighted by atomic mass is 35.5. The third kappa shape index (κ3) is 3.95. The van der Waals surface area contributed by atoms with E-state index in [0.29, 0.717) is 23.7 Å². The van der Waals surface area contributed by atoms with E-state index >= 15 is 0 Å². The maximum absolute atomic E-state index is 13.7. The summed E-state index contributed by atoms with van der Waals surface area (Å²) in [4.78, 5) is 12.0. The van der Waals surface area contributed by atoms with E-state index in [4.69, 9.17) is 16.3 Å². The molecule has 0 bridgehead atoms. The third-order valence-corrected chi connectivity index (χ3v) is 3.17. The number of amides is 1. The van der Waals surface area contributed by atoms with Gasteiger partial charge in [-0.25, -0.2) is 4.39 Å². The Hall–Kier alpha value is -2.07. The lowest BCUT2D eigenvalue weighted by Gasteiger charge is -2.08. The molecule has 0 spiro atoms. The van der Waals surface area contributed by atoms with E-state index < -0.39 is 5.82 Å². The number of rotatable bonds is 5. The van der Waals surface area contributed by atoms with Crippen LogP contribution in [-0.2, 0) is 5.88 Å². The quantitative estimate of drug-likeness (QED) is 0.840. The lowest BCUT2D eigenvalue weighted by molar-refractivity contribution is 0.102. The van der Waals surface area contributed by atoms with Gasteiger partial charge in [0.2, 0.25) is 0 Å². The van der Waals surface area contributed by atoms with Crippen molar-refractivity contribution in [2.75, 3.05) is 11.9 Å². The van der Waals surface area contributed by atoms with Crippen molar-refractivity contribution < 1.29 is 13.9 Å². The minimum atomic E-state index is -0.507. The zero-order valence-electron chi connectivity index (χ0n) is 11.5. The van der Waals surface area contributed by atoms with Crippen molar-refractivity contribution in [3.05, 3.63) is 59.4 Å². The molecule has 0 atom stereocenters. The van der Waals surface area contributed by atoms with Crippen LogP contribution in [0.5, 0.6) is 5.75 Å². The second-order valence-electron chi connectivity index (χ2n) is 4.36. The van der Waals surface area contributed by atoms with Crippen LogP contribution in [0, 0.1) is 5.82 Å². The molecule has 0 saturated heterocycles. The second-order valence-corrected chi connectivity index (χ2v) is 4.63. The Balaban J connectivity index is 2.09. The fourth-order valence-electron chi connectivity index (χ4n) is 1.80. The van der Waals surface area contributed by atoms with Gasteiger partial charge in [0.15, 0.2) is 11.6 Å². The number of halogens is 2. The molecule has 21 heavy (non-hydrogen) atoms. The van der Waals surface area contributed by atoms with E-state index in [0.717, 1.165) is 5.56 Å². The summed E-state index contributed by atoms with van der Waals surface area (Å²) >= 11 is 5.69. The largest absolute Gasteiger partial charge is 0.491 e. The molecule has 1 amide bonds. The van der Waals surface area contributed by atoms with Crippen LogP contribution in [0.15, 0.2) is 42.5 Å². The lowest BCUT2D eigenvalue weighted by Crippen LogP contribution is -2.12. The van der Waals surface area contributed by atoms with Gasteiger partial charge < -0.3 is 10.1 Å². The van der Waals surface area contributed by atoms with Crippen LogP contribution in [0.25, 0.3) is 0 Å². The Labute approximate surface area is 127 Å². The smallest absolute Gasteiger partial charge is 0.255 e. The molecule has 0 aliphatic rings. The highest BCUT2D eigenvalue weighted by Crippen LogP contribution is 2.21. The molecular formula is C16H15ClFNO2. The van der Waals surface area contributed by atoms with Crippen LogP contribution >= 0.6 is 11.6 Å².